The Labute approximate surface area is 214 Å². The second-order valence-electron chi connectivity index (χ2n) is 8.56. The number of hydrogen-bond acceptors (Lipinski definition) is 9. The molecule has 0 fully saturated rings. The van der Waals surface area contributed by atoms with Crippen molar-refractivity contribution in [3.63, 3.8) is 0 Å². The summed E-state index contributed by atoms with van der Waals surface area (Å²) in [5, 5.41) is 4.26. The predicted molar refractivity (Wildman–Crippen MR) is 136 cm³/mol. The van der Waals surface area contributed by atoms with E-state index in [1.807, 2.05) is 13.8 Å². The number of ether oxygens (including phenoxy) is 3. The molecule has 0 aliphatic carbocycles. The third-order valence-electron chi connectivity index (χ3n) is 5.64. The molecule has 0 radical (unpaired) electrons. The van der Waals surface area contributed by atoms with Crippen LogP contribution in [0.3, 0.4) is 0 Å². The molecule has 0 unspecified atom stereocenters. The first kappa shape index (κ1) is 26.9. The quantitative estimate of drug-likeness (QED) is 0.298. The Morgan fingerprint density at radius 3 is 2.44 bits per heavy atom. The molecule has 0 saturated carbocycles. The molecule has 190 valence electrons. The number of carbonyl (C=O) groups is 3. The average Bonchev–Trinajstić information content (AvgIpc) is 2.83. The molecule has 36 heavy (non-hydrogen) atoms. The highest BCUT2D eigenvalue weighted by molar-refractivity contribution is 6.31. The van der Waals surface area contributed by atoms with E-state index in [2.05, 4.69) is 15.3 Å². The molecule has 1 heterocycles. The number of halogens is 1. The minimum absolute atomic E-state index is 0.0417. The van der Waals surface area contributed by atoms with E-state index >= 15 is 0 Å². The number of hydrogen-bond donors (Lipinski definition) is 1. The van der Waals surface area contributed by atoms with Gasteiger partial charge in [0, 0.05) is 41.9 Å². The maximum atomic E-state index is 12.9. The van der Waals surface area contributed by atoms with Gasteiger partial charge in [0.25, 0.3) is 0 Å². The summed E-state index contributed by atoms with van der Waals surface area (Å²) in [7, 11) is 2.78. The van der Waals surface area contributed by atoms with Gasteiger partial charge in [0.05, 0.1) is 25.7 Å². The number of anilines is 2. The number of esters is 2. The summed E-state index contributed by atoms with van der Waals surface area (Å²) < 4.78 is 15.5. The molecule has 0 spiro atoms. The van der Waals surface area contributed by atoms with Crippen LogP contribution < -0.4 is 14.8 Å². The molecule has 0 bridgehead atoms. The van der Waals surface area contributed by atoms with Crippen molar-refractivity contribution in [3.8, 4) is 11.5 Å². The van der Waals surface area contributed by atoms with E-state index in [0.717, 1.165) is 0 Å². The lowest BCUT2D eigenvalue weighted by molar-refractivity contribution is -0.148. The zero-order valence-corrected chi connectivity index (χ0v) is 21.5. The fourth-order valence-corrected chi connectivity index (χ4v) is 3.95. The molecular weight excluding hydrogens is 486 g/mol. The van der Waals surface area contributed by atoms with Crippen LogP contribution in [-0.4, -0.2) is 41.9 Å². The van der Waals surface area contributed by atoms with Gasteiger partial charge in [0.2, 0.25) is 0 Å². The van der Waals surface area contributed by atoms with Crippen molar-refractivity contribution >= 4 is 51.7 Å². The number of rotatable bonds is 10. The minimum Gasteiger partial charge on any atom is -0.493 e. The Bertz CT molecular complexity index is 1290. The molecule has 9 nitrogen and oxygen atoms in total. The van der Waals surface area contributed by atoms with Crippen molar-refractivity contribution in [3.05, 3.63) is 47.2 Å². The number of nitrogens with zero attached hydrogens (tertiary/aromatic N) is 2. The number of aromatic nitrogens is 2. The highest BCUT2D eigenvalue weighted by Crippen LogP contribution is 2.35. The molecule has 3 rings (SSSR count). The second-order valence-corrected chi connectivity index (χ2v) is 8.99. The highest BCUT2D eigenvalue weighted by atomic mass is 35.5. The molecule has 10 heteroatoms. The van der Waals surface area contributed by atoms with E-state index in [0.29, 0.717) is 38.7 Å². The SMILES string of the molecule is COC(=O)[C@@H](CC(=O)Cc1ccc(Cl)cc1Nc1ncnc2cc(OC)c(OC(C)=O)cc12)C(C)C. The second kappa shape index (κ2) is 11.8. The van der Waals surface area contributed by atoms with Gasteiger partial charge in [0.15, 0.2) is 11.5 Å². The van der Waals surface area contributed by atoms with Gasteiger partial charge in [0.1, 0.15) is 17.9 Å². The van der Waals surface area contributed by atoms with Crippen LogP contribution in [0.15, 0.2) is 36.7 Å². The summed E-state index contributed by atoms with van der Waals surface area (Å²) in [6.07, 6.45) is 1.53. The first-order valence-corrected chi connectivity index (χ1v) is 11.7. The van der Waals surface area contributed by atoms with Crippen molar-refractivity contribution < 1.29 is 28.6 Å². The van der Waals surface area contributed by atoms with E-state index < -0.39 is 17.9 Å². The lowest BCUT2D eigenvalue weighted by Crippen LogP contribution is -2.25. The lowest BCUT2D eigenvalue weighted by atomic mass is 9.89. The van der Waals surface area contributed by atoms with Gasteiger partial charge in [-0.1, -0.05) is 31.5 Å². The largest absolute Gasteiger partial charge is 0.493 e. The predicted octanol–water partition coefficient (Wildman–Crippen LogP) is 4.91. The van der Waals surface area contributed by atoms with E-state index in [4.69, 9.17) is 25.8 Å². The molecule has 1 N–H and O–H groups in total. The van der Waals surface area contributed by atoms with E-state index in [-0.39, 0.29) is 30.3 Å². The van der Waals surface area contributed by atoms with Gasteiger partial charge >= 0.3 is 11.9 Å². The van der Waals surface area contributed by atoms with E-state index in [9.17, 15) is 14.4 Å². The van der Waals surface area contributed by atoms with Crippen LogP contribution >= 0.6 is 11.6 Å². The van der Waals surface area contributed by atoms with Gasteiger partial charge in [-0.2, -0.15) is 0 Å². The third kappa shape index (κ3) is 6.48. The molecule has 0 aliphatic rings. The van der Waals surface area contributed by atoms with Crippen LogP contribution in [0.5, 0.6) is 11.5 Å². The van der Waals surface area contributed by atoms with Gasteiger partial charge in [-0.3, -0.25) is 14.4 Å². The number of benzene rings is 2. The number of ketones is 1. The Morgan fingerprint density at radius 2 is 1.81 bits per heavy atom. The Hall–Kier alpha value is -3.72. The van der Waals surface area contributed by atoms with Crippen molar-refractivity contribution in [2.45, 2.75) is 33.6 Å². The van der Waals surface area contributed by atoms with Crippen molar-refractivity contribution in [2.75, 3.05) is 19.5 Å². The summed E-state index contributed by atoms with van der Waals surface area (Å²) in [6, 6.07) is 8.38. The smallest absolute Gasteiger partial charge is 0.309 e. The first-order valence-electron chi connectivity index (χ1n) is 11.3. The molecule has 0 saturated heterocycles. The first-order chi connectivity index (χ1) is 17.1. The summed E-state index contributed by atoms with van der Waals surface area (Å²) >= 11 is 6.25. The monoisotopic (exact) mass is 513 g/mol. The third-order valence-corrected chi connectivity index (χ3v) is 5.88. The molecule has 1 aromatic heterocycles. The summed E-state index contributed by atoms with van der Waals surface area (Å²) in [5.41, 5.74) is 1.80. The molecule has 0 amide bonds. The van der Waals surface area contributed by atoms with Crippen LogP contribution in [0.25, 0.3) is 10.9 Å². The number of carbonyl (C=O) groups excluding carboxylic acids is 3. The Kier molecular flexibility index (Phi) is 8.82. The average molecular weight is 514 g/mol. The highest BCUT2D eigenvalue weighted by Gasteiger charge is 2.26. The lowest BCUT2D eigenvalue weighted by Gasteiger charge is -2.18. The molecule has 2 aromatic carbocycles. The number of fused-ring (bicyclic) bond motifs is 1. The van der Waals surface area contributed by atoms with Crippen LogP contribution in [0, 0.1) is 11.8 Å². The number of nitrogens with one attached hydrogen (secondary N) is 1. The minimum atomic E-state index is -0.522. The summed E-state index contributed by atoms with van der Waals surface area (Å²) in [4.78, 5) is 45.2. The number of Topliss-reactive ketones (excluding diaryl/α,β-unsaturated/α-hetero) is 1. The van der Waals surface area contributed by atoms with E-state index in [1.54, 1.807) is 30.3 Å². The van der Waals surface area contributed by atoms with Gasteiger partial charge in [-0.05, 0) is 29.7 Å². The fourth-order valence-electron chi connectivity index (χ4n) is 3.78. The maximum absolute atomic E-state index is 12.9. The van der Waals surface area contributed by atoms with Crippen molar-refractivity contribution in [1.29, 1.82) is 0 Å². The molecule has 0 aliphatic heterocycles. The fraction of sp³-hybridized carbons (Fsp3) is 0.346. The summed E-state index contributed by atoms with van der Waals surface area (Å²) in [6.45, 7) is 5.05. The molecule has 1 atom stereocenters. The van der Waals surface area contributed by atoms with Crippen LogP contribution in [0.2, 0.25) is 5.02 Å². The van der Waals surface area contributed by atoms with Gasteiger partial charge in [-0.15, -0.1) is 0 Å². The summed E-state index contributed by atoms with van der Waals surface area (Å²) in [5.74, 6) is -0.589. The van der Waals surface area contributed by atoms with Crippen LogP contribution in [0.4, 0.5) is 11.5 Å². The van der Waals surface area contributed by atoms with Gasteiger partial charge < -0.3 is 19.5 Å². The number of methoxy groups -OCH3 is 2. The van der Waals surface area contributed by atoms with Crippen molar-refractivity contribution in [2.24, 2.45) is 11.8 Å². The topological polar surface area (TPSA) is 117 Å². The Morgan fingerprint density at radius 1 is 1.06 bits per heavy atom. The van der Waals surface area contributed by atoms with Gasteiger partial charge in [-0.25, -0.2) is 9.97 Å². The van der Waals surface area contributed by atoms with Crippen molar-refractivity contribution in [1.82, 2.24) is 9.97 Å². The van der Waals surface area contributed by atoms with Crippen LogP contribution in [0.1, 0.15) is 32.8 Å². The normalized spacial score (nSPS) is 11.8. The zero-order chi connectivity index (χ0) is 26.4. The maximum Gasteiger partial charge on any atom is 0.309 e. The van der Waals surface area contributed by atoms with Crippen LogP contribution in [-0.2, 0) is 25.5 Å². The Balaban J connectivity index is 1.95. The standard InChI is InChI=1S/C26H28ClN3O6/c1-14(2)19(26(33)35-5)10-18(32)8-16-6-7-17(27)9-21(16)30-25-20-11-24(36-15(3)31)23(34-4)12-22(20)28-13-29-25/h6-7,9,11-14,19H,8,10H2,1-5H3,(H,28,29,30)/t19-/m0/s1. The molecular formula is C26H28ClN3O6. The molecule has 3 aromatic rings. The zero-order valence-electron chi connectivity index (χ0n) is 20.8. The van der Waals surface area contributed by atoms with E-state index in [1.165, 1.54) is 27.5 Å².